The van der Waals surface area contributed by atoms with Crippen molar-refractivity contribution in [2.45, 2.75) is 25.8 Å². The SMILES string of the molecule is Cc1ccc(N2CCC(N)(C#N)C2)c(C)c1. The predicted octanol–water partition coefficient (Wildman–Crippen LogP) is 1.73. The monoisotopic (exact) mass is 215 g/mol. The van der Waals surface area contributed by atoms with E-state index >= 15 is 0 Å². The quantitative estimate of drug-likeness (QED) is 0.776. The lowest BCUT2D eigenvalue weighted by atomic mass is 10.0. The van der Waals surface area contributed by atoms with Gasteiger partial charge in [0.15, 0.2) is 0 Å². The molecule has 0 radical (unpaired) electrons. The van der Waals surface area contributed by atoms with Crippen LogP contribution in [-0.4, -0.2) is 18.6 Å². The zero-order chi connectivity index (χ0) is 11.8. The van der Waals surface area contributed by atoms with E-state index in [0.29, 0.717) is 6.54 Å². The zero-order valence-electron chi connectivity index (χ0n) is 9.83. The normalized spacial score (nSPS) is 24.5. The second-order valence-corrected chi connectivity index (χ2v) is 4.73. The Bertz CT molecular complexity index is 447. The summed E-state index contributed by atoms with van der Waals surface area (Å²) in [6, 6.07) is 8.59. The average molecular weight is 215 g/mol. The Kier molecular flexibility index (Phi) is 2.61. The zero-order valence-corrected chi connectivity index (χ0v) is 9.83. The van der Waals surface area contributed by atoms with E-state index in [1.54, 1.807) is 0 Å². The predicted molar refractivity (Wildman–Crippen MR) is 65.3 cm³/mol. The first-order valence-electron chi connectivity index (χ1n) is 5.56. The standard InChI is InChI=1S/C13H17N3/c1-10-3-4-12(11(2)7-10)16-6-5-13(15,8-14)9-16/h3-4,7H,5-6,9,15H2,1-2H3. The summed E-state index contributed by atoms with van der Waals surface area (Å²) in [6.45, 7) is 5.69. The molecule has 1 unspecified atom stereocenters. The van der Waals surface area contributed by atoms with E-state index < -0.39 is 5.54 Å². The van der Waals surface area contributed by atoms with Crippen molar-refractivity contribution in [2.75, 3.05) is 18.0 Å². The molecule has 1 aliphatic heterocycles. The molecule has 2 rings (SSSR count). The highest BCUT2D eigenvalue weighted by Crippen LogP contribution is 2.28. The molecule has 1 aromatic carbocycles. The third-order valence-electron chi connectivity index (χ3n) is 3.22. The maximum atomic E-state index is 9.00. The smallest absolute Gasteiger partial charge is 0.123 e. The van der Waals surface area contributed by atoms with Crippen molar-refractivity contribution in [3.63, 3.8) is 0 Å². The summed E-state index contributed by atoms with van der Waals surface area (Å²) >= 11 is 0. The Morgan fingerprint density at radius 3 is 2.75 bits per heavy atom. The van der Waals surface area contributed by atoms with Gasteiger partial charge in [-0.05, 0) is 31.9 Å². The van der Waals surface area contributed by atoms with E-state index in [1.165, 1.54) is 16.8 Å². The van der Waals surface area contributed by atoms with Gasteiger partial charge in [-0.3, -0.25) is 0 Å². The molecule has 2 N–H and O–H groups in total. The summed E-state index contributed by atoms with van der Waals surface area (Å²) < 4.78 is 0. The third-order valence-corrected chi connectivity index (χ3v) is 3.22. The molecule has 0 amide bonds. The highest BCUT2D eigenvalue weighted by Gasteiger charge is 2.34. The Labute approximate surface area is 96.5 Å². The first kappa shape index (κ1) is 11.0. The van der Waals surface area contributed by atoms with Crippen molar-refractivity contribution < 1.29 is 0 Å². The van der Waals surface area contributed by atoms with E-state index in [-0.39, 0.29) is 0 Å². The van der Waals surface area contributed by atoms with E-state index in [1.807, 2.05) is 0 Å². The highest BCUT2D eigenvalue weighted by molar-refractivity contribution is 5.56. The van der Waals surface area contributed by atoms with Gasteiger partial charge in [0.25, 0.3) is 0 Å². The van der Waals surface area contributed by atoms with Crippen molar-refractivity contribution in [3.8, 4) is 6.07 Å². The summed E-state index contributed by atoms with van der Waals surface area (Å²) in [4.78, 5) is 2.21. The molecule has 1 aliphatic rings. The number of benzene rings is 1. The van der Waals surface area contributed by atoms with Gasteiger partial charge in [-0.2, -0.15) is 5.26 Å². The average Bonchev–Trinajstić information content (AvgIpc) is 2.62. The number of anilines is 1. The maximum absolute atomic E-state index is 9.00. The molecule has 3 heteroatoms. The van der Waals surface area contributed by atoms with Crippen LogP contribution >= 0.6 is 0 Å². The third kappa shape index (κ3) is 1.89. The first-order chi connectivity index (χ1) is 7.54. The Morgan fingerprint density at radius 2 is 2.19 bits per heavy atom. The Morgan fingerprint density at radius 1 is 1.44 bits per heavy atom. The minimum atomic E-state index is -0.669. The molecular weight excluding hydrogens is 198 g/mol. The molecule has 0 aliphatic carbocycles. The minimum Gasteiger partial charge on any atom is -0.368 e. The number of hydrogen-bond donors (Lipinski definition) is 1. The second-order valence-electron chi connectivity index (χ2n) is 4.73. The molecule has 0 bridgehead atoms. The second kappa shape index (κ2) is 3.80. The van der Waals surface area contributed by atoms with Crippen LogP contribution in [0, 0.1) is 25.2 Å². The van der Waals surface area contributed by atoms with E-state index in [2.05, 4.69) is 43.0 Å². The van der Waals surface area contributed by atoms with E-state index in [9.17, 15) is 0 Å². The first-order valence-corrected chi connectivity index (χ1v) is 5.56. The molecular formula is C13H17N3. The van der Waals surface area contributed by atoms with Crippen LogP contribution in [0.5, 0.6) is 0 Å². The van der Waals surface area contributed by atoms with Crippen molar-refractivity contribution in [1.82, 2.24) is 0 Å². The molecule has 16 heavy (non-hydrogen) atoms. The van der Waals surface area contributed by atoms with Gasteiger partial charge in [0.1, 0.15) is 5.54 Å². The van der Waals surface area contributed by atoms with Crippen LogP contribution in [0.25, 0.3) is 0 Å². The summed E-state index contributed by atoms with van der Waals surface area (Å²) in [7, 11) is 0. The molecule has 1 atom stereocenters. The van der Waals surface area contributed by atoms with Crippen molar-refractivity contribution in [2.24, 2.45) is 5.73 Å². The van der Waals surface area contributed by atoms with Gasteiger partial charge < -0.3 is 10.6 Å². The van der Waals surface area contributed by atoms with Gasteiger partial charge in [-0.25, -0.2) is 0 Å². The molecule has 1 saturated heterocycles. The fourth-order valence-electron chi connectivity index (χ4n) is 2.29. The van der Waals surface area contributed by atoms with Crippen LogP contribution in [0.1, 0.15) is 17.5 Å². The van der Waals surface area contributed by atoms with Crippen LogP contribution in [-0.2, 0) is 0 Å². The Hall–Kier alpha value is -1.53. The lowest BCUT2D eigenvalue weighted by Crippen LogP contribution is -2.41. The van der Waals surface area contributed by atoms with Crippen molar-refractivity contribution in [1.29, 1.82) is 5.26 Å². The van der Waals surface area contributed by atoms with Crippen LogP contribution in [0.15, 0.2) is 18.2 Å². The van der Waals surface area contributed by atoms with Gasteiger partial charge >= 0.3 is 0 Å². The lowest BCUT2D eigenvalue weighted by Gasteiger charge is -2.22. The van der Waals surface area contributed by atoms with Gasteiger partial charge in [0.2, 0.25) is 0 Å². The fraction of sp³-hybridized carbons (Fsp3) is 0.462. The van der Waals surface area contributed by atoms with E-state index in [4.69, 9.17) is 11.0 Å². The number of aryl methyl sites for hydroxylation is 2. The summed E-state index contributed by atoms with van der Waals surface area (Å²) in [5, 5.41) is 9.00. The van der Waals surface area contributed by atoms with Gasteiger partial charge in [0, 0.05) is 18.8 Å². The molecule has 1 aromatic rings. The van der Waals surface area contributed by atoms with Gasteiger partial charge in [-0.15, -0.1) is 0 Å². The van der Waals surface area contributed by atoms with Gasteiger partial charge in [0.05, 0.1) is 6.07 Å². The summed E-state index contributed by atoms with van der Waals surface area (Å²) in [5.74, 6) is 0. The largest absolute Gasteiger partial charge is 0.368 e. The van der Waals surface area contributed by atoms with E-state index in [0.717, 1.165) is 13.0 Å². The number of nitrogens with two attached hydrogens (primary N) is 1. The van der Waals surface area contributed by atoms with Crippen LogP contribution in [0.4, 0.5) is 5.69 Å². The molecule has 1 fully saturated rings. The summed E-state index contributed by atoms with van der Waals surface area (Å²) in [6.07, 6.45) is 0.747. The molecule has 1 heterocycles. The molecule has 84 valence electrons. The highest BCUT2D eigenvalue weighted by atomic mass is 15.2. The summed E-state index contributed by atoms with van der Waals surface area (Å²) in [5.41, 5.74) is 9.01. The number of rotatable bonds is 1. The van der Waals surface area contributed by atoms with Crippen LogP contribution < -0.4 is 10.6 Å². The number of hydrogen-bond acceptors (Lipinski definition) is 3. The number of nitriles is 1. The van der Waals surface area contributed by atoms with Crippen LogP contribution in [0.2, 0.25) is 0 Å². The number of nitrogens with zero attached hydrogens (tertiary/aromatic N) is 2. The van der Waals surface area contributed by atoms with Crippen LogP contribution in [0.3, 0.4) is 0 Å². The van der Waals surface area contributed by atoms with Crippen molar-refractivity contribution >= 4 is 5.69 Å². The molecule has 0 spiro atoms. The topological polar surface area (TPSA) is 53.0 Å². The Balaban J connectivity index is 2.25. The maximum Gasteiger partial charge on any atom is 0.123 e. The molecule has 3 nitrogen and oxygen atoms in total. The molecule has 0 saturated carbocycles. The molecule has 0 aromatic heterocycles. The fourth-order valence-corrected chi connectivity index (χ4v) is 2.29. The lowest BCUT2D eigenvalue weighted by molar-refractivity contribution is 0.606. The van der Waals surface area contributed by atoms with Crippen molar-refractivity contribution in [3.05, 3.63) is 29.3 Å². The van der Waals surface area contributed by atoms with Gasteiger partial charge in [-0.1, -0.05) is 17.7 Å². The minimum absolute atomic E-state index is 0.632.